The van der Waals surface area contributed by atoms with E-state index in [0.29, 0.717) is 17.5 Å². The normalized spacial score (nSPS) is 16.1. The number of piperidine rings is 1. The van der Waals surface area contributed by atoms with Gasteiger partial charge in [0.05, 0.1) is 6.42 Å². The molecule has 2 aromatic carbocycles. The number of carbonyl (C=O) groups is 1. The Kier molecular flexibility index (Phi) is 7.12. The molecule has 0 bridgehead atoms. The number of aromatic nitrogens is 1. The van der Waals surface area contributed by atoms with Crippen molar-refractivity contribution in [3.05, 3.63) is 77.7 Å². The Bertz CT molecular complexity index is 987. The zero-order valence-corrected chi connectivity index (χ0v) is 17.5. The van der Waals surface area contributed by atoms with Crippen molar-refractivity contribution in [2.75, 3.05) is 13.1 Å². The summed E-state index contributed by atoms with van der Waals surface area (Å²) in [5.74, 6) is -0.475. The molecule has 1 aromatic heterocycles. The van der Waals surface area contributed by atoms with E-state index in [1.807, 2.05) is 54.6 Å². The first-order chi connectivity index (χ1) is 15.2. The van der Waals surface area contributed by atoms with Gasteiger partial charge >= 0.3 is 5.97 Å². The molecule has 2 atom stereocenters. The van der Waals surface area contributed by atoms with Crippen molar-refractivity contribution in [2.24, 2.45) is 5.92 Å². The molecular formula is C25H28N2O4. The second-order valence-electron chi connectivity index (χ2n) is 7.92. The highest BCUT2D eigenvalue weighted by molar-refractivity contribution is 5.72. The van der Waals surface area contributed by atoms with Crippen LogP contribution in [0.25, 0.3) is 11.1 Å². The second-order valence-corrected chi connectivity index (χ2v) is 7.92. The number of carbonyl (C=O) groups excluding carboxylic acids is 1. The van der Waals surface area contributed by atoms with Crippen LogP contribution in [-0.2, 0) is 16.1 Å². The lowest BCUT2D eigenvalue weighted by Gasteiger charge is -2.21. The van der Waals surface area contributed by atoms with E-state index in [1.165, 1.54) is 5.57 Å². The van der Waals surface area contributed by atoms with Crippen LogP contribution < -0.4 is 5.32 Å². The van der Waals surface area contributed by atoms with E-state index in [-0.39, 0.29) is 30.8 Å². The summed E-state index contributed by atoms with van der Waals surface area (Å²) in [7, 11) is 0. The molecule has 6 heteroatoms. The van der Waals surface area contributed by atoms with Gasteiger partial charge in [-0.2, -0.15) is 0 Å². The molecule has 4 rings (SSSR count). The maximum Gasteiger partial charge on any atom is 0.306 e. The molecule has 3 aromatic rings. The molecule has 1 fully saturated rings. The van der Waals surface area contributed by atoms with Gasteiger partial charge in [-0.3, -0.25) is 4.79 Å². The average Bonchev–Trinajstić information content (AvgIpc) is 3.26. The van der Waals surface area contributed by atoms with Gasteiger partial charge in [0.15, 0.2) is 5.58 Å². The molecule has 0 aliphatic carbocycles. The van der Waals surface area contributed by atoms with Gasteiger partial charge in [0, 0.05) is 5.92 Å². The molecule has 2 heterocycles. The van der Waals surface area contributed by atoms with Crippen LogP contribution in [0.5, 0.6) is 0 Å². The van der Waals surface area contributed by atoms with Crippen molar-refractivity contribution < 1.29 is 19.1 Å². The number of para-hydroxylation sites is 2. The van der Waals surface area contributed by atoms with Crippen molar-refractivity contribution in [1.82, 2.24) is 10.3 Å². The number of benzene rings is 2. The minimum absolute atomic E-state index is 0.0920. The fourth-order valence-electron chi connectivity index (χ4n) is 3.82. The number of allylic oxidation sites excluding steroid dienone is 1. The molecule has 6 nitrogen and oxygen atoms in total. The fraction of sp³-hybridized carbons (Fsp3) is 0.360. The number of ether oxygens (including phenoxy) is 1. The fourth-order valence-corrected chi connectivity index (χ4v) is 3.82. The maximum absolute atomic E-state index is 12.6. The Morgan fingerprint density at radius 2 is 1.87 bits per heavy atom. The van der Waals surface area contributed by atoms with Crippen molar-refractivity contribution in [2.45, 2.75) is 38.4 Å². The van der Waals surface area contributed by atoms with E-state index in [4.69, 9.17) is 9.15 Å². The first-order valence-electron chi connectivity index (χ1n) is 10.8. The third-order valence-electron chi connectivity index (χ3n) is 5.64. The Morgan fingerprint density at radius 3 is 2.65 bits per heavy atom. The van der Waals surface area contributed by atoms with Crippen LogP contribution in [0.15, 0.2) is 70.7 Å². The lowest BCUT2D eigenvalue weighted by molar-refractivity contribution is -0.147. The number of esters is 1. The Hall–Kier alpha value is -2.96. The summed E-state index contributed by atoms with van der Waals surface area (Å²) >= 11 is 0. The van der Waals surface area contributed by atoms with Crippen LogP contribution in [0.1, 0.15) is 43.2 Å². The van der Waals surface area contributed by atoms with Crippen LogP contribution in [0.4, 0.5) is 0 Å². The Morgan fingerprint density at radius 1 is 1.13 bits per heavy atom. The number of hydrogen-bond donors (Lipinski definition) is 2. The molecule has 0 radical (unpaired) electrons. The topological polar surface area (TPSA) is 84.6 Å². The minimum atomic E-state index is -0.991. The summed E-state index contributed by atoms with van der Waals surface area (Å²) in [5.41, 5.74) is 3.60. The molecule has 31 heavy (non-hydrogen) atoms. The predicted molar refractivity (Wildman–Crippen MR) is 118 cm³/mol. The molecule has 1 aliphatic heterocycles. The molecule has 0 spiro atoms. The maximum atomic E-state index is 12.6. The monoisotopic (exact) mass is 420 g/mol. The van der Waals surface area contributed by atoms with E-state index < -0.39 is 6.10 Å². The van der Waals surface area contributed by atoms with Crippen LogP contribution in [0.3, 0.4) is 0 Å². The standard InChI is InChI=1S/C25H28N2O4/c28-23(30-17-19-6-2-1-3-7-19)16-20(11-10-18-12-14-26-15-13-18)24(29)25-27-21-8-4-5-9-22(21)31-25/h1-10,20,24,26,29H,11-17H2/t20-,24?/m1/s1. The molecule has 1 aliphatic rings. The van der Waals surface area contributed by atoms with Crippen molar-refractivity contribution >= 4 is 17.1 Å². The van der Waals surface area contributed by atoms with Crippen LogP contribution in [-0.4, -0.2) is 29.1 Å². The average molecular weight is 421 g/mol. The molecule has 2 N–H and O–H groups in total. The van der Waals surface area contributed by atoms with E-state index in [1.54, 1.807) is 0 Å². The van der Waals surface area contributed by atoms with Gasteiger partial charge in [-0.1, -0.05) is 54.1 Å². The highest BCUT2D eigenvalue weighted by atomic mass is 16.5. The number of nitrogens with one attached hydrogen (secondary N) is 1. The first kappa shape index (κ1) is 21.3. The summed E-state index contributed by atoms with van der Waals surface area (Å²) in [4.78, 5) is 17.0. The number of aliphatic hydroxyl groups excluding tert-OH is 1. The number of fused-ring (bicyclic) bond motifs is 1. The summed E-state index contributed by atoms with van der Waals surface area (Å²) in [6, 6.07) is 17.0. The third kappa shape index (κ3) is 5.81. The molecular weight excluding hydrogens is 392 g/mol. The number of aliphatic hydroxyl groups is 1. The van der Waals surface area contributed by atoms with Gasteiger partial charge in [-0.05, 0) is 50.0 Å². The smallest absolute Gasteiger partial charge is 0.306 e. The number of hydrogen-bond acceptors (Lipinski definition) is 6. The second kappa shape index (κ2) is 10.4. The first-order valence-corrected chi connectivity index (χ1v) is 10.8. The number of rotatable bonds is 8. The van der Waals surface area contributed by atoms with E-state index in [0.717, 1.165) is 31.5 Å². The number of oxazole rings is 1. The zero-order valence-electron chi connectivity index (χ0n) is 17.5. The van der Waals surface area contributed by atoms with Crippen molar-refractivity contribution in [3.8, 4) is 0 Å². The Labute approximate surface area is 181 Å². The highest BCUT2D eigenvalue weighted by Crippen LogP contribution is 2.31. The number of nitrogens with zero attached hydrogens (tertiary/aromatic N) is 1. The quantitative estimate of drug-likeness (QED) is 0.417. The van der Waals surface area contributed by atoms with E-state index in [2.05, 4.69) is 16.4 Å². The zero-order chi connectivity index (χ0) is 21.5. The van der Waals surface area contributed by atoms with Gasteiger partial charge in [0.2, 0.25) is 5.89 Å². The van der Waals surface area contributed by atoms with Gasteiger partial charge in [0.1, 0.15) is 18.2 Å². The van der Waals surface area contributed by atoms with Gasteiger partial charge < -0.3 is 19.6 Å². The van der Waals surface area contributed by atoms with Crippen LogP contribution >= 0.6 is 0 Å². The van der Waals surface area contributed by atoms with Crippen molar-refractivity contribution in [1.29, 1.82) is 0 Å². The van der Waals surface area contributed by atoms with Crippen molar-refractivity contribution in [3.63, 3.8) is 0 Å². The summed E-state index contributed by atoms with van der Waals surface area (Å²) in [5, 5.41) is 14.4. The Balaban J connectivity index is 1.46. The van der Waals surface area contributed by atoms with Gasteiger partial charge in [-0.25, -0.2) is 4.98 Å². The van der Waals surface area contributed by atoms with Crippen LogP contribution in [0.2, 0.25) is 0 Å². The molecule has 0 amide bonds. The van der Waals surface area contributed by atoms with Crippen LogP contribution in [0, 0.1) is 5.92 Å². The molecule has 1 saturated heterocycles. The molecule has 162 valence electrons. The third-order valence-corrected chi connectivity index (χ3v) is 5.64. The lowest BCUT2D eigenvalue weighted by Crippen LogP contribution is -2.23. The summed E-state index contributed by atoms with van der Waals surface area (Å²) in [6.07, 6.45) is 3.80. The largest absolute Gasteiger partial charge is 0.461 e. The minimum Gasteiger partial charge on any atom is -0.461 e. The highest BCUT2D eigenvalue weighted by Gasteiger charge is 2.28. The SMILES string of the molecule is O=C(C[C@@H](CC=C1CCNCC1)C(O)c1nc2ccccc2o1)OCc1ccccc1. The van der Waals surface area contributed by atoms with E-state index >= 15 is 0 Å². The van der Waals surface area contributed by atoms with Gasteiger partial charge in [0.25, 0.3) is 0 Å². The molecule has 1 unspecified atom stereocenters. The summed E-state index contributed by atoms with van der Waals surface area (Å²) < 4.78 is 11.2. The lowest BCUT2D eigenvalue weighted by atomic mass is 9.92. The predicted octanol–water partition coefficient (Wildman–Crippen LogP) is 4.31. The molecule has 0 saturated carbocycles. The van der Waals surface area contributed by atoms with Gasteiger partial charge in [-0.15, -0.1) is 0 Å². The van der Waals surface area contributed by atoms with E-state index in [9.17, 15) is 9.90 Å². The summed E-state index contributed by atoms with van der Waals surface area (Å²) in [6.45, 7) is 2.14.